The molecule has 0 radical (unpaired) electrons. The summed E-state index contributed by atoms with van der Waals surface area (Å²) in [4.78, 5) is 0. The average Bonchev–Trinajstić information content (AvgIpc) is 2.16. The molecule has 0 saturated carbocycles. The van der Waals surface area contributed by atoms with Gasteiger partial charge in [0.2, 0.25) is 0 Å². The lowest BCUT2D eigenvalue weighted by atomic mass is 10.2. The number of ether oxygens (including phenoxy) is 1. The highest BCUT2D eigenvalue weighted by Gasteiger charge is 2.16. The fraction of sp³-hybridized carbons (Fsp3) is 0.400. The first-order chi connectivity index (χ1) is 7.04. The van der Waals surface area contributed by atoms with Gasteiger partial charge in [-0.1, -0.05) is 0 Å². The third kappa shape index (κ3) is 3.14. The number of aliphatic hydroxyl groups is 1. The molecule has 2 unspecified atom stereocenters. The first-order valence-corrected chi connectivity index (χ1v) is 4.52. The van der Waals surface area contributed by atoms with Crippen molar-refractivity contribution < 1.29 is 18.6 Å². The molecule has 0 spiro atoms. The minimum atomic E-state index is -0.811. The number of hydrogen-bond donors (Lipinski definition) is 2. The van der Waals surface area contributed by atoms with Gasteiger partial charge in [-0.05, 0) is 19.1 Å². The molecule has 1 aromatic carbocycles. The highest BCUT2D eigenvalue weighted by molar-refractivity contribution is 5.25. The van der Waals surface area contributed by atoms with E-state index in [1.54, 1.807) is 6.92 Å². The molecule has 3 nitrogen and oxygen atoms in total. The fourth-order valence-corrected chi connectivity index (χ4v) is 1.04. The Labute approximate surface area is 86.5 Å². The Morgan fingerprint density at radius 3 is 2.60 bits per heavy atom. The lowest BCUT2D eigenvalue weighted by molar-refractivity contribution is 0.0952. The van der Waals surface area contributed by atoms with Gasteiger partial charge in [-0.15, -0.1) is 0 Å². The Hall–Kier alpha value is -1.20. The van der Waals surface area contributed by atoms with Crippen molar-refractivity contribution in [2.75, 3.05) is 6.61 Å². The molecule has 0 aliphatic rings. The average molecular weight is 217 g/mol. The van der Waals surface area contributed by atoms with Gasteiger partial charge < -0.3 is 15.6 Å². The zero-order chi connectivity index (χ0) is 11.4. The lowest BCUT2D eigenvalue weighted by Gasteiger charge is -2.20. The van der Waals surface area contributed by atoms with Crippen molar-refractivity contribution in [3.8, 4) is 5.75 Å². The molecule has 0 aliphatic heterocycles. The molecule has 0 amide bonds. The van der Waals surface area contributed by atoms with Crippen molar-refractivity contribution in [1.29, 1.82) is 0 Å². The Kier molecular flexibility index (Phi) is 3.99. The topological polar surface area (TPSA) is 55.5 Å². The van der Waals surface area contributed by atoms with E-state index >= 15 is 0 Å². The third-order valence-corrected chi connectivity index (χ3v) is 1.94. The molecule has 15 heavy (non-hydrogen) atoms. The quantitative estimate of drug-likeness (QED) is 0.792. The van der Waals surface area contributed by atoms with E-state index in [1.165, 1.54) is 0 Å². The second-order valence-electron chi connectivity index (χ2n) is 3.27. The third-order valence-electron chi connectivity index (χ3n) is 1.94. The van der Waals surface area contributed by atoms with Crippen LogP contribution in [-0.4, -0.2) is 23.9 Å². The second kappa shape index (κ2) is 5.04. The van der Waals surface area contributed by atoms with Gasteiger partial charge in [0, 0.05) is 12.1 Å². The molecule has 0 aliphatic carbocycles. The summed E-state index contributed by atoms with van der Waals surface area (Å²) in [6.45, 7) is 1.30. The summed E-state index contributed by atoms with van der Waals surface area (Å²) >= 11 is 0. The predicted octanol–water partition coefficient (Wildman–Crippen LogP) is 1.05. The summed E-state index contributed by atoms with van der Waals surface area (Å²) in [7, 11) is 0. The van der Waals surface area contributed by atoms with Crippen LogP contribution in [0.3, 0.4) is 0 Å². The van der Waals surface area contributed by atoms with Gasteiger partial charge in [0.05, 0.1) is 6.61 Å². The minimum absolute atomic E-state index is 0.118. The largest absolute Gasteiger partial charge is 0.483 e. The Morgan fingerprint density at radius 2 is 2.13 bits per heavy atom. The minimum Gasteiger partial charge on any atom is -0.483 e. The first kappa shape index (κ1) is 11.9. The monoisotopic (exact) mass is 217 g/mol. The summed E-state index contributed by atoms with van der Waals surface area (Å²) in [5, 5.41) is 8.90. The number of benzene rings is 1. The number of rotatable bonds is 4. The maximum Gasteiger partial charge on any atom is 0.167 e. The molecule has 84 valence electrons. The summed E-state index contributed by atoms with van der Waals surface area (Å²) in [5.74, 6) is -1.61. The van der Waals surface area contributed by atoms with Gasteiger partial charge in [0.15, 0.2) is 11.6 Å². The highest BCUT2D eigenvalue weighted by Crippen LogP contribution is 2.19. The molecule has 2 atom stereocenters. The van der Waals surface area contributed by atoms with E-state index in [0.29, 0.717) is 6.07 Å². The van der Waals surface area contributed by atoms with Gasteiger partial charge in [-0.25, -0.2) is 8.78 Å². The van der Waals surface area contributed by atoms with E-state index in [0.717, 1.165) is 12.1 Å². The van der Waals surface area contributed by atoms with Crippen LogP contribution in [0.1, 0.15) is 6.92 Å². The number of hydrogen-bond acceptors (Lipinski definition) is 3. The second-order valence-corrected chi connectivity index (χ2v) is 3.27. The molecule has 0 aromatic heterocycles. The molecule has 5 heteroatoms. The van der Waals surface area contributed by atoms with Gasteiger partial charge >= 0.3 is 0 Å². The molecule has 1 aromatic rings. The van der Waals surface area contributed by atoms with Crippen LogP contribution in [-0.2, 0) is 0 Å². The van der Waals surface area contributed by atoms with Gasteiger partial charge in [0.1, 0.15) is 11.9 Å². The molecular formula is C10H13F2NO2. The van der Waals surface area contributed by atoms with E-state index in [4.69, 9.17) is 15.6 Å². The van der Waals surface area contributed by atoms with Gasteiger partial charge in [0.25, 0.3) is 0 Å². The van der Waals surface area contributed by atoms with Crippen LogP contribution in [0.4, 0.5) is 8.78 Å². The van der Waals surface area contributed by atoms with E-state index in [9.17, 15) is 8.78 Å². The van der Waals surface area contributed by atoms with Crippen LogP contribution in [0.2, 0.25) is 0 Å². The van der Waals surface area contributed by atoms with Gasteiger partial charge in [-0.3, -0.25) is 0 Å². The molecule has 0 heterocycles. The van der Waals surface area contributed by atoms with Crippen LogP contribution < -0.4 is 10.5 Å². The molecule has 0 fully saturated rings. The van der Waals surface area contributed by atoms with Crippen LogP contribution in [0.15, 0.2) is 18.2 Å². The Morgan fingerprint density at radius 1 is 1.47 bits per heavy atom. The van der Waals surface area contributed by atoms with E-state index in [1.807, 2.05) is 0 Å². The molecule has 3 N–H and O–H groups in total. The van der Waals surface area contributed by atoms with Crippen molar-refractivity contribution >= 4 is 0 Å². The number of nitrogens with two attached hydrogens (primary N) is 1. The lowest BCUT2D eigenvalue weighted by Crippen LogP contribution is -2.39. The maximum absolute atomic E-state index is 13.1. The summed E-state index contributed by atoms with van der Waals surface area (Å²) < 4.78 is 30.8. The number of halogens is 2. The normalized spacial score (nSPS) is 14.7. The highest BCUT2D eigenvalue weighted by atomic mass is 19.1. The zero-order valence-corrected chi connectivity index (χ0v) is 8.28. The number of aliphatic hydroxyl groups excluding tert-OH is 1. The fourth-order valence-electron chi connectivity index (χ4n) is 1.04. The van der Waals surface area contributed by atoms with E-state index < -0.39 is 23.8 Å². The zero-order valence-electron chi connectivity index (χ0n) is 8.28. The van der Waals surface area contributed by atoms with E-state index in [-0.39, 0.29) is 12.4 Å². The predicted molar refractivity (Wildman–Crippen MR) is 51.5 cm³/mol. The first-order valence-electron chi connectivity index (χ1n) is 4.52. The molecule has 1 rings (SSSR count). The van der Waals surface area contributed by atoms with Crippen molar-refractivity contribution in [3.63, 3.8) is 0 Å². The SMILES string of the molecule is CC(N)C(CO)Oc1ccc(F)cc1F. The summed E-state index contributed by atoms with van der Waals surface area (Å²) in [6, 6.07) is 2.51. The molecule has 0 saturated heterocycles. The Balaban J connectivity index is 2.79. The summed E-state index contributed by atoms with van der Waals surface area (Å²) in [6.07, 6.45) is -0.704. The van der Waals surface area contributed by atoms with Crippen molar-refractivity contribution in [1.82, 2.24) is 0 Å². The van der Waals surface area contributed by atoms with Gasteiger partial charge in [-0.2, -0.15) is 0 Å². The van der Waals surface area contributed by atoms with Crippen molar-refractivity contribution in [2.45, 2.75) is 19.1 Å². The Bertz CT molecular complexity index is 331. The summed E-state index contributed by atoms with van der Waals surface area (Å²) in [5.41, 5.74) is 5.49. The van der Waals surface area contributed by atoms with Crippen LogP contribution in [0.25, 0.3) is 0 Å². The van der Waals surface area contributed by atoms with E-state index in [2.05, 4.69) is 0 Å². The van der Waals surface area contributed by atoms with Crippen molar-refractivity contribution in [2.24, 2.45) is 5.73 Å². The van der Waals surface area contributed by atoms with Crippen LogP contribution in [0, 0.1) is 11.6 Å². The smallest absolute Gasteiger partial charge is 0.167 e. The molecule has 0 bridgehead atoms. The van der Waals surface area contributed by atoms with Crippen LogP contribution >= 0.6 is 0 Å². The van der Waals surface area contributed by atoms with Crippen molar-refractivity contribution in [3.05, 3.63) is 29.8 Å². The molecular weight excluding hydrogens is 204 g/mol. The maximum atomic E-state index is 13.1. The standard InChI is InChI=1S/C10H13F2NO2/c1-6(13)10(5-14)15-9-3-2-7(11)4-8(9)12/h2-4,6,10,14H,5,13H2,1H3. The van der Waals surface area contributed by atoms with Crippen LogP contribution in [0.5, 0.6) is 5.75 Å².